The van der Waals surface area contributed by atoms with Crippen LogP contribution in [0.15, 0.2) is 45.4 Å². The number of hydrogen-bond acceptors (Lipinski definition) is 4. The molecule has 0 spiro atoms. The number of para-hydroxylation sites is 2. The Bertz CT molecular complexity index is 485. The summed E-state index contributed by atoms with van der Waals surface area (Å²) in [6.07, 6.45) is 1.04. The second kappa shape index (κ2) is 4.18. The Balaban J connectivity index is 2.19. The van der Waals surface area contributed by atoms with E-state index in [2.05, 4.69) is 4.98 Å². The van der Waals surface area contributed by atoms with Crippen molar-refractivity contribution in [1.82, 2.24) is 4.98 Å². The third-order valence-electron chi connectivity index (χ3n) is 1.65. The number of fused-ring (bicyclic) bond motifs is 1. The van der Waals surface area contributed by atoms with Gasteiger partial charge in [-0.05, 0) is 29.3 Å². The quantitative estimate of drug-likeness (QED) is 0.637. The molecule has 0 saturated heterocycles. The van der Waals surface area contributed by atoms with Crippen LogP contribution in [0.3, 0.4) is 0 Å². The van der Waals surface area contributed by atoms with Crippen LogP contribution >= 0.6 is 11.8 Å². The number of carboxylic acid groups (broad SMARTS) is 1. The fourth-order valence-corrected chi connectivity index (χ4v) is 1.64. The van der Waals surface area contributed by atoms with Crippen LogP contribution in [0, 0.1) is 0 Å². The van der Waals surface area contributed by atoms with Crippen molar-refractivity contribution in [1.29, 1.82) is 0 Å². The number of carbonyl (C=O) groups is 1. The molecule has 0 bridgehead atoms. The van der Waals surface area contributed by atoms with E-state index in [1.807, 2.05) is 24.3 Å². The lowest BCUT2D eigenvalue weighted by Gasteiger charge is -1.83. The summed E-state index contributed by atoms with van der Waals surface area (Å²) in [5.41, 5.74) is 1.47. The molecule has 0 fully saturated rings. The summed E-state index contributed by atoms with van der Waals surface area (Å²) in [7, 11) is 0. The lowest BCUT2D eigenvalue weighted by Crippen LogP contribution is -1.84. The Labute approximate surface area is 89.6 Å². The first-order chi connectivity index (χ1) is 7.25. The molecule has 2 rings (SSSR count). The Kier molecular flexibility index (Phi) is 2.73. The Morgan fingerprint density at radius 3 is 3.00 bits per heavy atom. The van der Waals surface area contributed by atoms with Gasteiger partial charge < -0.3 is 9.52 Å². The number of aliphatic carboxylic acids is 1. The number of hydrogen-bond donors (Lipinski definition) is 1. The van der Waals surface area contributed by atoms with E-state index in [4.69, 9.17) is 9.52 Å². The topological polar surface area (TPSA) is 63.3 Å². The molecule has 0 unspecified atom stereocenters. The second-order valence-corrected chi connectivity index (χ2v) is 3.56. The maximum Gasteiger partial charge on any atom is 0.328 e. The first-order valence-corrected chi connectivity index (χ1v) is 5.05. The van der Waals surface area contributed by atoms with Gasteiger partial charge in [-0.15, -0.1) is 0 Å². The van der Waals surface area contributed by atoms with E-state index in [1.165, 1.54) is 5.41 Å². The van der Waals surface area contributed by atoms with E-state index in [0.717, 1.165) is 23.4 Å². The molecule has 2 aromatic rings. The number of carboxylic acids is 1. The molecule has 1 aromatic heterocycles. The summed E-state index contributed by atoms with van der Waals surface area (Å²) in [6.45, 7) is 0. The molecule has 1 heterocycles. The van der Waals surface area contributed by atoms with Gasteiger partial charge in [0.15, 0.2) is 5.58 Å². The van der Waals surface area contributed by atoms with Crippen molar-refractivity contribution >= 4 is 28.8 Å². The summed E-state index contributed by atoms with van der Waals surface area (Å²) in [6, 6.07) is 7.37. The molecule has 1 N–H and O–H groups in total. The Morgan fingerprint density at radius 2 is 2.27 bits per heavy atom. The fraction of sp³-hybridized carbons (Fsp3) is 0. The van der Waals surface area contributed by atoms with E-state index in [0.29, 0.717) is 10.8 Å². The molecule has 15 heavy (non-hydrogen) atoms. The molecule has 0 aliphatic heterocycles. The largest absolute Gasteiger partial charge is 0.478 e. The molecule has 0 radical (unpaired) electrons. The van der Waals surface area contributed by atoms with Crippen LogP contribution in [0.1, 0.15) is 0 Å². The van der Waals surface area contributed by atoms with Crippen molar-refractivity contribution in [2.75, 3.05) is 0 Å². The smallest absolute Gasteiger partial charge is 0.328 e. The monoisotopic (exact) mass is 221 g/mol. The zero-order chi connectivity index (χ0) is 10.7. The number of oxazole rings is 1. The van der Waals surface area contributed by atoms with Gasteiger partial charge in [0.25, 0.3) is 5.22 Å². The van der Waals surface area contributed by atoms with E-state index < -0.39 is 5.97 Å². The van der Waals surface area contributed by atoms with Gasteiger partial charge in [0, 0.05) is 6.08 Å². The normalized spacial score (nSPS) is 11.2. The molecule has 0 saturated carbocycles. The van der Waals surface area contributed by atoms with Crippen molar-refractivity contribution < 1.29 is 14.3 Å². The van der Waals surface area contributed by atoms with Crippen molar-refractivity contribution in [3.63, 3.8) is 0 Å². The minimum atomic E-state index is -0.987. The van der Waals surface area contributed by atoms with Gasteiger partial charge >= 0.3 is 5.97 Å². The number of thioether (sulfide) groups is 1. The van der Waals surface area contributed by atoms with Gasteiger partial charge in [0.05, 0.1) is 0 Å². The van der Waals surface area contributed by atoms with Gasteiger partial charge in [0.1, 0.15) is 5.52 Å². The third-order valence-corrected chi connectivity index (χ3v) is 2.30. The standard InChI is InChI=1S/C10H7NO3S/c12-9(13)5-6-15-10-11-7-3-1-2-4-8(7)14-10/h1-6H,(H,12,13)/b6-5+. The van der Waals surface area contributed by atoms with Crippen molar-refractivity contribution in [2.24, 2.45) is 0 Å². The lowest BCUT2D eigenvalue weighted by molar-refractivity contribution is -0.131. The highest BCUT2D eigenvalue weighted by molar-refractivity contribution is 8.01. The van der Waals surface area contributed by atoms with Crippen LogP contribution in [0.5, 0.6) is 0 Å². The van der Waals surface area contributed by atoms with Gasteiger partial charge in [-0.3, -0.25) is 0 Å². The van der Waals surface area contributed by atoms with Crippen molar-refractivity contribution in [3.8, 4) is 0 Å². The molecule has 5 heteroatoms. The highest BCUT2D eigenvalue weighted by Gasteiger charge is 2.03. The molecule has 76 valence electrons. The molecule has 1 aromatic carbocycles. The SMILES string of the molecule is O=C(O)/C=C/Sc1nc2ccccc2o1. The van der Waals surface area contributed by atoms with Gasteiger partial charge in [-0.1, -0.05) is 12.1 Å². The molecule has 4 nitrogen and oxygen atoms in total. The number of nitrogens with zero attached hydrogens (tertiary/aromatic N) is 1. The molecule has 0 aliphatic rings. The molecule has 0 atom stereocenters. The first-order valence-electron chi connectivity index (χ1n) is 4.17. The predicted molar refractivity (Wildman–Crippen MR) is 56.6 cm³/mol. The van der Waals surface area contributed by atoms with Crippen LogP contribution < -0.4 is 0 Å². The lowest BCUT2D eigenvalue weighted by atomic mass is 10.3. The zero-order valence-corrected chi connectivity index (χ0v) is 8.40. The van der Waals surface area contributed by atoms with Crippen molar-refractivity contribution in [3.05, 3.63) is 35.7 Å². The average Bonchev–Trinajstić information content (AvgIpc) is 2.59. The summed E-state index contributed by atoms with van der Waals surface area (Å²) < 4.78 is 5.36. The molecular weight excluding hydrogens is 214 g/mol. The highest BCUT2D eigenvalue weighted by Crippen LogP contribution is 2.23. The van der Waals surface area contributed by atoms with E-state index in [-0.39, 0.29) is 0 Å². The maximum absolute atomic E-state index is 10.2. The van der Waals surface area contributed by atoms with Gasteiger partial charge in [-0.25, -0.2) is 9.78 Å². The predicted octanol–water partition coefficient (Wildman–Crippen LogP) is 2.52. The van der Waals surface area contributed by atoms with Crippen LogP contribution in [-0.2, 0) is 4.79 Å². The zero-order valence-electron chi connectivity index (χ0n) is 7.58. The van der Waals surface area contributed by atoms with E-state index >= 15 is 0 Å². The molecule has 0 amide bonds. The third kappa shape index (κ3) is 2.38. The van der Waals surface area contributed by atoms with Crippen LogP contribution in [-0.4, -0.2) is 16.1 Å². The summed E-state index contributed by atoms with van der Waals surface area (Å²) in [5, 5.41) is 10.2. The maximum atomic E-state index is 10.2. The van der Waals surface area contributed by atoms with E-state index in [9.17, 15) is 4.79 Å². The molecule has 0 aliphatic carbocycles. The second-order valence-electron chi connectivity index (χ2n) is 2.71. The van der Waals surface area contributed by atoms with Gasteiger partial charge in [0.2, 0.25) is 0 Å². The van der Waals surface area contributed by atoms with Crippen LogP contribution in [0.4, 0.5) is 0 Å². The summed E-state index contributed by atoms with van der Waals surface area (Å²) in [5.74, 6) is -0.987. The van der Waals surface area contributed by atoms with Crippen LogP contribution in [0.2, 0.25) is 0 Å². The minimum absolute atomic E-state index is 0.439. The number of benzene rings is 1. The van der Waals surface area contributed by atoms with Crippen LogP contribution in [0.25, 0.3) is 11.1 Å². The Morgan fingerprint density at radius 1 is 1.47 bits per heavy atom. The highest BCUT2D eigenvalue weighted by atomic mass is 32.2. The Hall–Kier alpha value is -1.75. The van der Waals surface area contributed by atoms with Gasteiger partial charge in [-0.2, -0.15) is 0 Å². The molecular formula is C10H7NO3S. The average molecular weight is 221 g/mol. The first kappa shape index (κ1) is 9.79. The summed E-state index contributed by atoms with van der Waals surface area (Å²) in [4.78, 5) is 14.4. The number of rotatable bonds is 3. The summed E-state index contributed by atoms with van der Waals surface area (Å²) >= 11 is 1.14. The van der Waals surface area contributed by atoms with Crippen molar-refractivity contribution in [2.45, 2.75) is 5.22 Å². The van der Waals surface area contributed by atoms with E-state index in [1.54, 1.807) is 0 Å². The minimum Gasteiger partial charge on any atom is -0.478 e. The fourth-order valence-electron chi connectivity index (χ4n) is 1.05. The number of aromatic nitrogens is 1.